The van der Waals surface area contributed by atoms with E-state index in [1.807, 2.05) is 11.4 Å². The maximum absolute atomic E-state index is 13.5. The number of nitrogens with one attached hydrogen (secondary N) is 2. The lowest BCUT2D eigenvalue weighted by molar-refractivity contribution is 0.0636. The first-order valence-electron chi connectivity index (χ1n) is 6.99. The van der Waals surface area contributed by atoms with E-state index in [2.05, 4.69) is 26.6 Å². The zero-order chi connectivity index (χ0) is 17.0. The lowest BCUT2D eigenvalue weighted by Gasteiger charge is -2.20. The molecule has 0 bridgehead atoms. The van der Waals surface area contributed by atoms with E-state index >= 15 is 0 Å². The summed E-state index contributed by atoms with van der Waals surface area (Å²) >= 11 is 4.98. The Hall–Kier alpha value is -1.60. The molecule has 0 saturated carbocycles. The minimum Gasteiger partial charge on any atom is -0.444 e. The highest BCUT2D eigenvalue weighted by atomic mass is 79.9. The van der Waals surface area contributed by atoms with E-state index in [4.69, 9.17) is 4.74 Å². The van der Waals surface area contributed by atoms with Crippen LogP contribution < -0.4 is 10.6 Å². The van der Waals surface area contributed by atoms with Gasteiger partial charge in [0.1, 0.15) is 11.4 Å². The summed E-state index contributed by atoms with van der Waals surface area (Å²) < 4.78 is 19.7. The minimum absolute atomic E-state index is 0.381. The van der Waals surface area contributed by atoms with Gasteiger partial charge in [0, 0.05) is 6.54 Å². The molecule has 1 heterocycles. The molecule has 0 saturated heterocycles. The third-order valence-electron chi connectivity index (χ3n) is 2.72. The molecular weight excluding hydrogens is 383 g/mol. The zero-order valence-electron chi connectivity index (χ0n) is 13.1. The van der Waals surface area contributed by atoms with Crippen LogP contribution >= 0.6 is 27.3 Å². The Morgan fingerprint density at radius 2 is 2.04 bits per heavy atom. The predicted molar refractivity (Wildman–Crippen MR) is 95.6 cm³/mol. The normalized spacial score (nSPS) is 11.2. The van der Waals surface area contributed by atoms with Crippen molar-refractivity contribution >= 4 is 44.7 Å². The third-order valence-corrected chi connectivity index (χ3v) is 4.28. The quantitative estimate of drug-likeness (QED) is 0.700. The van der Waals surface area contributed by atoms with Crippen LogP contribution in [-0.2, 0) is 11.3 Å². The van der Waals surface area contributed by atoms with Gasteiger partial charge in [-0.2, -0.15) is 0 Å². The molecule has 0 aliphatic heterocycles. The van der Waals surface area contributed by atoms with Gasteiger partial charge in [-0.1, -0.05) is 0 Å². The van der Waals surface area contributed by atoms with Gasteiger partial charge in [-0.3, -0.25) is 5.32 Å². The molecule has 2 aromatic rings. The number of hydrogen-bond donors (Lipinski definition) is 2. The number of rotatable bonds is 4. The summed E-state index contributed by atoms with van der Waals surface area (Å²) in [4.78, 5) is 11.9. The third kappa shape index (κ3) is 5.84. The van der Waals surface area contributed by atoms with E-state index in [0.29, 0.717) is 17.9 Å². The molecule has 1 aromatic carbocycles. The van der Waals surface area contributed by atoms with E-state index in [1.54, 1.807) is 32.1 Å². The maximum atomic E-state index is 13.5. The Labute approximate surface area is 147 Å². The standard InChI is InChI=1S/C16H18BrFN2O2S/c1-16(2,3)22-15(21)20-12-5-4-11(18)7-13(12)19-8-10-6-14(17)23-9-10/h4-7,9,19H,8H2,1-3H3,(H,20,21). The summed E-state index contributed by atoms with van der Waals surface area (Å²) in [5, 5.41) is 7.76. The van der Waals surface area contributed by atoms with Gasteiger partial charge >= 0.3 is 6.09 Å². The molecule has 0 aliphatic carbocycles. The maximum Gasteiger partial charge on any atom is 0.412 e. The number of carbonyl (C=O) groups is 1. The number of amides is 1. The van der Waals surface area contributed by atoms with Gasteiger partial charge < -0.3 is 10.1 Å². The summed E-state index contributed by atoms with van der Waals surface area (Å²) in [6.07, 6.45) is -0.578. The average Bonchev–Trinajstić information content (AvgIpc) is 2.82. The number of ether oxygens (including phenoxy) is 1. The lowest BCUT2D eigenvalue weighted by Crippen LogP contribution is -2.27. The highest BCUT2D eigenvalue weighted by Crippen LogP contribution is 2.26. The van der Waals surface area contributed by atoms with Crippen molar-refractivity contribution in [2.24, 2.45) is 0 Å². The molecule has 0 radical (unpaired) electrons. The number of halogens is 2. The van der Waals surface area contributed by atoms with Crippen molar-refractivity contribution in [2.45, 2.75) is 32.9 Å². The average molecular weight is 401 g/mol. The lowest BCUT2D eigenvalue weighted by atomic mass is 10.2. The van der Waals surface area contributed by atoms with E-state index in [1.165, 1.54) is 18.2 Å². The fourth-order valence-electron chi connectivity index (χ4n) is 1.82. The molecule has 7 heteroatoms. The first-order chi connectivity index (χ1) is 10.7. The van der Waals surface area contributed by atoms with Crippen LogP contribution in [0.4, 0.5) is 20.6 Å². The van der Waals surface area contributed by atoms with Crippen LogP contribution in [0.2, 0.25) is 0 Å². The van der Waals surface area contributed by atoms with Gasteiger partial charge in [-0.25, -0.2) is 9.18 Å². The van der Waals surface area contributed by atoms with E-state index in [-0.39, 0.29) is 5.82 Å². The van der Waals surface area contributed by atoms with Crippen LogP contribution in [0.1, 0.15) is 26.3 Å². The smallest absolute Gasteiger partial charge is 0.412 e. The minimum atomic E-state index is -0.597. The predicted octanol–water partition coefficient (Wildman–Crippen LogP) is 5.61. The van der Waals surface area contributed by atoms with Crippen LogP contribution in [0.25, 0.3) is 0 Å². The molecule has 4 nitrogen and oxygen atoms in total. The van der Waals surface area contributed by atoms with E-state index in [9.17, 15) is 9.18 Å². The topological polar surface area (TPSA) is 50.4 Å². The summed E-state index contributed by atoms with van der Waals surface area (Å²) in [5.74, 6) is -0.381. The molecule has 1 aromatic heterocycles. The number of hydrogen-bond acceptors (Lipinski definition) is 4. The monoisotopic (exact) mass is 400 g/mol. The molecule has 0 unspecified atom stereocenters. The molecule has 0 aliphatic rings. The molecule has 23 heavy (non-hydrogen) atoms. The van der Waals surface area contributed by atoms with Crippen LogP contribution in [0.5, 0.6) is 0 Å². The van der Waals surface area contributed by atoms with Crippen LogP contribution in [0, 0.1) is 5.82 Å². The Morgan fingerprint density at radius 3 is 2.65 bits per heavy atom. The number of anilines is 2. The Kier molecular flexibility index (Phi) is 5.64. The summed E-state index contributed by atoms with van der Waals surface area (Å²) in [6.45, 7) is 5.87. The molecule has 124 valence electrons. The van der Waals surface area contributed by atoms with Crippen molar-refractivity contribution in [3.05, 3.63) is 44.8 Å². The Morgan fingerprint density at radius 1 is 1.30 bits per heavy atom. The zero-order valence-corrected chi connectivity index (χ0v) is 15.5. The van der Waals surface area contributed by atoms with Crippen molar-refractivity contribution in [2.75, 3.05) is 10.6 Å². The van der Waals surface area contributed by atoms with Crippen LogP contribution in [0.3, 0.4) is 0 Å². The van der Waals surface area contributed by atoms with Crippen LogP contribution in [0.15, 0.2) is 33.4 Å². The van der Waals surface area contributed by atoms with Crippen molar-refractivity contribution in [1.82, 2.24) is 0 Å². The number of thiophene rings is 1. The molecule has 0 spiro atoms. The molecular formula is C16H18BrFN2O2S. The van der Waals surface area contributed by atoms with E-state index in [0.717, 1.165) is 9.35 Å². The summed E-state index contributed by atoms with van der Waals surface area (Å²) in [7, 11) is 0. The second-order valence-electron chi connectivity index (χ2n) is 5.93. The van der Waals surface area contributed by atoms with E-state index < -0.39 is 11.7 Å². The number of benzene rings is 1. The van der Waals surface area contributed by atoms with Gasteiger partial charge in [0.2, 0.25) is 0 Å². The SMILES string of the molecule is CC(C)(C)OC(=O)Nc1ccc(F)cc1NCc1csc(Br)c1. The molecule has 2 N–H and O–H groups in total. The first-order valence-corrected chi connectivity index (χ1v) is 8.66. The van der Waals surface area contributed by atoms with Crippen molar-refractivity contribution in [3.8, 4) is 0 Å². The Bertz CT molecular complexity index is 698. The number of carbonyl (C=O) groups excluding carboxylic acids is 1. The summed E-state index contributed by atoms with van der Waals surface area (Å²) in [6, 6.07) is 6.12. The van der Waals surface area contributed by atoms with Gasteiger partial charge in [0.25, 0.3) is 0 Å². The highest BCUT2D eigenvalue weighted by Gasteiger charge is 2.17. The van der Waals surface area contributed by atoms with Crippen molar-refractivity contribution in [1.29, 1.82) is 0 Å². The second kappa shape index (κ2) is 7.31. The fourth-order valence-corrected chi connectivity index (χ4v) is 3.03. The van der Waals surface area contributed by atoms with Gasteiger partial charge in [0.15, 0.2) is 0 Å². The molecule has 1 amide bonds. The van der Waals surface area contributed by atoms with Gasteiger partial charge in [-0.15, -0.1) is 11.3 Å². The fraction of sp³-hybridized carbons (Fsp3) is 0.312. The largest absolute Gasteiger partial charge is 0.444 e. The summed E-state index contributed by atoms with van der Waals surface area (Å²) in [5.41, 5.74) is 1.43. The van der Waals surface area contributed by atoms with Crippen LogP contribution in [-0.4, -0.2) is 11.7 Å². The van der Waals surface area contributed by atoms with Gasteiger partial charge in [-0.05, 0) is 71.9 Å². The molecule has 2 rings (SSSR count). The van der Waals surface area contributed by atoms with Crippen molar-refractivity contribution in [3.63, 3.8) is 0 Å². The molecule has 0 atom stereocenters. The second-order valence-corrected chi connectivity index (χ2v) is 8.22. The van der Waals surface area contributed by atoms with Crippen molar-refractivity contribution < 1.29 is 13.9 Å². The first kappa shape index (κ1) is 17.7. The Balaban J connectivity index is 2.09. The van der Waals surface area contributed by atoms with Gasteiger partial charge in [0.05, 0.1) is 15.2 Å². The molecule has 0 fully saturated rings. The highest BCUT2D eigenvalue weighted by molar-refractivity contribution is 9.11.